The molecular weight excluding hydrogens is 281 g/mol. The van der Waals surface area contributed by atoms with Crippen molar-refractivity contribution in [2.45, 2.75) is 39.2 Å². The van der Waals surface area contributed by atoms with Crippen LogP contribution in [-0.2, 0) is 0 Å². The molecule has 1 nitrogen and oxygen atoms in total. The van der Waals surface area contributed by atoms with Crippen molar-refractivity contribution in [3.63, 3.8) is 0 Å². The van der Waals surface area contributed by atoms with Gasteiger partial charge in [0.05, 0.1) is 5.69 Å². The van der Waals surface area contributed by atoms with E-state index in [-0.39, 0.29) is 5.82 Å². The molecule has 0 spiro atoms. The van der Waals surface area contributed by atoms with Crippen LogP contribution in [0.25, 0.3) is 0 Å². The van der Waals surface area contributed by atoms with E-state index < -0.39 is 0 Å². The number of hydrogen-bond donors (Lipinski definition) is 1. The molecule has 0 bridgehead atoms. The van der Waals surface area contributed by atoms with E-state index in [1.165, 1.54) is 25.3 Å². The van der Waals surface area contributed by atoms with Crippen LogP contribution in [0, 0.1) is 17.7 Å². The highest BCUT2D eigenvalue weighted by Crippen LogP contribution is 2.33. The van der Waals surface area contributed by atoms with Crippen LogP contribution in [-0.4, -0.2) is 6.04 Å². The van der Waals surface area contributed by atoms with Crippen molar-refractivity contribution in [1.82, 2.24) is 0 Å². The van der Waals surface area contributed by atoms with Crippen LogP contribution >= 0.6 is 15.9 Å². The molecule has 1 fully saturated rings. The lowest BCUT2D eigenvalue weighted by Crippen LogP contribution is -2.37. The molecule has 2 atom stereocenters. The highest BCUT2D eigenvalue weighted by atomic mass is 79.9. The van der Waals surface area contributed by atoms with Crippen molar-refractivity contribution in [2.24, 2.45) is 11.8 Å². The molecule has 0 amide bonds. The quantitative estimate of drug-likeness (QED) is 0.825. The number of anilines is 1. The minimum absolute atomic E-state index is 0.188. The summed E-state index contributed by atoms with van der Waals surface area (Å²) in [6.45, 7) is 4.56. The molecule has 0 radical (unpaired) electrons. The summed E-state index contributed by atoms with van der Waals surface area (Å²) in [6.07, 6.45) is 3.83. The van der Waals surface area contributed by atoms with Gasteiger partial charge < -0.3 is 5.32 Å². The molecule has 1 aromatic rings. The third-order valence-electron chi connectivity index (χ3n) is 3.80. The summed E-state index contributed by atoms with van der Waals surface area (Å²) in [7, 11) is 0. The van der Waals surface area contributed by atoms with E-state index in [0.717, 1.165) is 10.2 Å². The van der Waals surface area contributed by atoms with Gasteiger partial charge in [-0.25, -0.2) is 4.39 Å². The summed E-state index contributed by atoms with van der Waals surface area (Å²) in [4.78, 5) is 0. The molecule has 0 aromatic heterocycles. The fourth-order valence-corrected chi connectivity index (χ4v) is 3.12. The molecule has 0 heterocycles. The maximum absolute atomic E-state index is 13.2. The molecule has 2 rings (SSSR count). The zero-order chi connectivity index (χ0) is 12.4. The van der Waals surface area contributed by atoms with Crippen molar-refractivity contribution in [3.8, 4) is 0 Å². The summed E-state index contributed by atoms with van der Waals surface area (Å²) in [5.74, 6) is 1.11. The molecule has 0 aliphatic heterocycles. The number of halogens is 2. The first-order valence-corrected chi connectivity index (χ1v) is 7.09. The Hall–Kier alpha value is -0.570. The summed E-state index contributed by atoms with van der Waals surface area (Å²) in [5, 5.41) is 3.50. The van der Waals surface area contributed by atoms with Gasteiger partial charge in [-0.1, -0.05) is 20.3 Å². The predicted octanol–water partition coefficient (Wildman–Crippen LogP) is 4.82. The Balaban J connectivity index is 2.16. The van der Waals surface area contributed by atoms with Gasteiger partial charge >= 0.3 is 0 Å². The number of hydrogen-bond acceptors (Lipinski definition) is 1. The maximum atomic E-state index is 13.2. The molecule has 1 N–H and O–H groups in total. The van der Waals surface area contributed by atoms with Crippen molar-refractivity contribution >= 4 is 21.6 Å². The average Bonchev–Trinajstić information content (AvgIpc) is 2.28. The van der Waals surface area contributed by atoms with Crippen molar-refractivity contribution in [2.75, 3.05) is 5.32 Å². The lowest BCUT2D eigenvalue weighted by Gasteiger charge is -2.36. The monoisotopic (exact) mass is 299 g/mol. The largest absolute Gasteiger partial charge is 0.381 e. The highest BCUT2D eigenvalue weighted by Gasteiger charge is 2.27. The highest BCUT2D eigenvalue weighted by molar-refractivity contribution is 9.10. The van der Waals surface area contributed by atoms with Gasteiger partial charge in [0.25, 0.3) is 0 Å². The lowest BCUT2D eigenvalue weighted by atomic mass is 9.78. The fraction of sp³-hybridized carbons (Fsp3) is 0.571. The number of rotatable bonds is 2. The van der Waals surface area contributed by atoms with Crippen molar-refractivity contribution < 1.29 is 4.39 Å². The van der Waals surface area contributed by atoms with E-state index >= 15 is 0 Å². The molecule has 94 valence electrons. The molecule has 3 heteroatoms. The second-order valence-corrected chi connectivity index (χ2v) is 6.03. The van der Waals surface area contributed by atoms with Crippen molar-refractivity contribution in [1.29, 1.82) is 0 Å². The van der Waals surface area contributed by atoms with Crippen LogP contribution in [0.1, 0.15) is 33.1 Å². The third-order valence-corrected chi connectivity index (χ3v) is 4.49. The fourth-order valence-electron chi connectivity index (χ4n) is 2.75. The van der Waals surface area contributed by atoms with Crippen LogP contribution in [0.15, 0.2) is 22.7 Å². The summed E-state index contributed by atoms with van der Waals surface area (Å²) in [5.41, 5.74) is 0.871. The first-order chi connectivity index (χ1) is 8.08. The minimum atomic E-state index is -0.188. The molecule has 1 aromatic carbocycles. The smallest absolute Gasteiger partial charge is 0.125 e. The number of benzene rings is 1. The average molecular weight is 300 g/mol. The van der Waals surface area contributed by atoms with E-state index in [1.807, 2.05) is 0 Å². The van der Waals surface area contributed by atoms with Gasteiger partial charge in [-0.05, 0) is 58.8 Å². The lowest BCUT2D eigenvalue weighted by molar-refractivity contribution is 0.268. The first kappa shape index (κ1) is 12.9. The SMILES string of the molecule is CC1CCCC(C)C1Nc1cc(F)ccc1Br. The van der Waals surface area contributed by atoms with Crippen molar-refractivity contribution in [3.05, 3.63) is 28.5 Å². The van der Waals surface area contributed by atoms with Gasteiger partial charge in [-0.15, -0.1) is 0 Å². The Labute approximate surface area is 111 Å². The Kier molecular flexibility index (Phi) is 4.08. The zero-order valence-electron chi connectivity index (χ0n) is 10.3. The standard InChI is InChI=1S/C14H19BrFN/c1-9-4-3-5-10(2)14(9)17-13-8-11(16)6-7-12(13)15/h6-10,14,17H,3-5H2,1-2H3. The van der Waals surface area contributed by atoms with E-state index in [0.29, 0.717) is 17.9 Å². The Bertz CT molecular complexity index is 384. The number of nitrogens with one attached hydrogen (secondary N) is 1. The Morgan fingerprint density at radius 3 is 2.53 bits per heavy atom. The predicted molar refractivity (Wildman–Crippen MR) is 73.7 cm³/mol. The Morgan fingerprint density at radius 1 is 1.24 bits per heavy atom. The molecular formula is C14H19BrFN. The summed E-state index contributed by atoms with van der Waals surface area (Å²) < 4.78 is 14.2. The van der Waals surface area contributed by atoms with Crippen LogP contribution in [0.4, 0.5) is 10.1 Å². The topological polar surface area (TPSA) is 12.0 Å². The van der Waals surface area contributed by atoms with Gasteiger partial charge in [0, 0.05) is 10.5 Å². The van der Waals surface area contributed by atoms with Gasteiger partial charge in [0.2, 0.25) is 0 Å². The second-order valence-electron chi connectivity index (χ2n) is 5.18. The van der Waals surface area contributed by atoms with Gasteiger partial charge in [0.15, 0.2) is 0 Å². The van der Waals surface area contributed by atoms with E-state index in [2.05, 4.69) is 35.1 Å². The van der Waals surface area contributed by atoms with Crippen LogP contribution in [0.2, 0.25) is 0 Å². The molecule has 1 saturated carbocycles. The van der Waals surface area contributed by atoms with Gasteiger partial charge in [0.1, 0.15) is 5.82 Å². The molecule has 1 aliphatic rings. The van der Waals surface area contributed by atoms with E-state index in [1.54, 1.807) is 12.1 Å². The Morgan fingerprint density at radius 2 is 1.88 bits per heavy atom. The van der Waals surface area contributed by atoms with E-state index in [9.17, 15) is 4.39 Å². The third kappa shape index (κ3) is 3.01. The molecule has 0 saturated heterocycles. The summed E-state index contributed by atoms with van der Waals surface area (Å²) in [6, 6.07) is 5.25. The minimum Gasteiger partial charge on any atom is -0.381 e. The normalized spacial score (nSPS) is 29.1. The zero-order valence-corrected chi connectivity index (χ0v) is 11.9. The maximum Gasteiger partial charge on any atom is 0.125 e. The van der Waals surface area contributed by atoms with Crippen LogP contribution < -0.4 is 5.32 Å². The van der Waals surface area contributed by atoms with E-state index in [4.69, 9.17) is 0 Å². The van der Waals surface area contributed by atoms with Gasteiger partial charge in [-0.3, -0.25) is 0 Å². The van der Waals surface area contributed by atoms with Crippen LogP contribution in [0.5, 0.6) is 0 Å². The van der Waals surface area contributed by atoms with Crippen LogP contribution in [0.3, 0.4) is 0 Å². The summed E-state index contributed by atoms with van der Waals surface area (Å²) >= 11 is 3.47. The molecule has 17 heavy (non-hydrogen) atoms. The second kappa shape index (κ2) is 5.38. The molecule has 1 aliphatic carbocycles. The molecule has 2 unspecified atom stereocenters. The van der Waals surface area contributed by atoms with Gasteiger partial charge in [-0.2, -0.15) is 0 Å². The first-order valence-electron chi connectivity index (χ1n) is 6.29.